The molecule has 2 unspecified atom stereocenters. The molecule has 2 fully saturated rings. The molecule has 3 nitrogen and oxygen atoms in total. The second kappa shape index (κ2) is 5.99. The molecule has 0 aromatic heterocycles. The summed E-state index contributed by atoms with van der Waals surface area (Å²) in [4.78, 5) is 2.65. The topological polar surface area (TPSA) is 24.5 Å². The number of nitrogens with one attached hydrogen (secondary N) is 1. The van der Waals surface area contributed by atoms with Crippen LogP contribution in [-0.2, 0) is 4.74 Å². The third kappa shape index (κ3) is 3.44. The van der Waals surface area contributed by atoms with Crippen LogP contribution in [0.4, 0.5) is 0 Å². The number of hydrogen-bond donors (Lipinski definition) is 1. The smallest absolute Gasteiger partial charge is 0.0622 e. The van der Waals surface area contributed by atoms with Gasteiger partial charge in [-0.25, -0.2) is 0 Å². The van der Waals surface area contributed by atoms with Gasteiger partial charge >= 0.3 is 0 Å². The van der Waals surface area contributed by atoms with E-state index in [0.29, 0.717) is 6.04 Å². The van der Waals surface area contributed by atoms with E-state index in [1.807, 2.05) is 0 Å². The Morgan fingerprint density at radius 3 is 2.81 bits per heavy atom. The van der Waals surface area contributed by atoms with E-state index in [1.165, 1.54) is 38.9 Å². The van der Waals surface area contributed by atoms with Crippen molar-refractivity contribution >= 4 is 0 Å². The van der Waals surface area contributed by atoms with Crippen molar-refractivity contribution in [2.24, 2.45) is 5.92 Å². The molecule has 2 atom stereocenters. The predicted molar refractivity (Wildman–Crippen MR) is 66.7 cm³/mol. The van der Waals surface area contributed by atoms with Gasteiger partial charge in [0.1, 0.15) is 0 Å². The molecular weight excluding hydrogens is 200 g/mol. The van der Waals surface area contributed by atoms with Crippen molar-refractivity contribution in [3.8, 4) is 0 Å². The van der Waals surface area contributed by atoms with Crippen LogP contribution in [0.1, 0.15) is 33.1 Å². The lowest BCUT2D eigenvalue weighted by Crippen LogP contribution is -2.45. The minimum Gasteiger partial charge on any atom is -0.380 e. The van der Waals surface area contributed by atoms with Crippen LogP contribution < -0.4 is 5.32 Å². The summed E-state index contributed by atoms with van der Waals surface area (Å²) in [6, 6.07) is 1.39. The van der Waals surface area contributed by atoms with Crippen molar-refractivity contribution < 1.29 is 4.74 Å². The average molecular weight is 226 g/mol. The average Bonchev–Trinajstić information content (AvgIpc) is 2.88. The van der Waals surface area contributed by atoms with Gasteiger partial charge in [0.05, 0.1) is 6.61 Å². The zero-order chi connectivity index (χ0) is 11.4. The van der Waals surface area contributed by atoms with Crippen LogP contribution >= 0.6 is 0 Å². The van der Waals surface area contributed by atoms with E-state index >= 15 is 0 Å². The van der Waals surface area contributed by atoms with E-state index in [2.05, 4.69) is 24.1 Å². The fourth-order valence-electron chi connectivity index (χ4n) is 2.85. The number of ether oxygens (including phenoxy) is 1. The zero-order valence-electron chi connectivity index (χ0n) is 10.7. The van der Waals surface area contributed by atoms with Crippen LogP contribution in [0.15, 0.2) is 0 Å². The Morgan fingerprint density at radius 2 is 2.25 bits per heavy atom. The zero-order valence-corrected chi connectivity index (χ0v) is 10.7. The first-order valence-electron chi connectivity index (χ1n) is 6.81. The molecule has 0 saturated carbocycles. The summed E-state index contributed by atoms with van der Waals surface area (Å²) in [6.07, 6.45) is 3.92. The molecule has 2 heterocycles. The van der Waals surface area contributed by atoms with Crippen LogP contribution in [0, 0.1) is 5.92 Å². The second-order valence-electron chi connectivity index (χ2n) is 5.66. The molecule has 2 aliphatic rings. The third-order valence-electron chi connectivity index (χ3n) is 3.64. The van der Waals surface area contributed by atoms with Gasteiger partial charge in [0.25, 0.3) is 0 Å². The summed E-state index contributed by atoms with van der Waals surface area (Å²) in [6.45, 7) is 10.2. The Bertz CT molecular complexity index is 196. The number of rotatable bonds is 5. The van der Waals surface area contributed by atoms with Crippen LogP contribution in [-0.4, -0.2) is 49.8 Å². The molecule has 0 aliphatic carbocycles. The van der Waals surface area contributed by atoms with Gasteiger partial charge in [-0.1, -0.05) is 13.8 Å². The fraction of sp³-hybridized carbons (Fsp3) is 1.00. The van der Waals surface area contributed by atoms with E-state index in [9.17, 15) is 0 Å². The van der Waals surface area contributed by atoms with Crippen LogP contribution in [0.5, 0.6) is 0 Å². The monoisotopic (exact) mass is 226 g/mol. The molecule has 0 aromatic carbocycles. The highest BCUT2D eigenvalue weighted by Crippen LogP contribution is 2.17. The second-order valence-corrected chi connectivity index (χ2v) is 5.66. The molecule has 1 N–H and O–H groups in total. The largest absolute Gasteiger partial charge is 0.380 e. The van der Waals surface area contributed by atoms with Crippen LogP contribution in [0.2, 0.25) is 0 Å². The van der Waals surface area contributed by atoms with Crippen molar-refractivity contribution in [2.75, 3.05) is 32.8 Å². The molecule has 0 radical (unpaired) electrons. The van der Waals surface area contributed by atoms with E-state index in [-0.39, 0.29) is 0 Å². The van der Waals surface area contributed by atoms with Crippen LogP contribution in [0.3, 0.4) is 0 Å². The van der Waals surface area contributed by atoms with E-state index < -0.39 is 0 Å². The van der Waals surface area contributed by atoms with Gasteiger partial charge in [0.2, 0.25) is 0 Å². The molecule has 2 rings (SSSR count). The quantitative estimate of drug-likeness (QED) is 0.768. The van der Waals surface area contributed by atoms with E-state index in [1.54, 1.807) is 0 Å². The maximum absolute atomic E-state index is 5.52. The Balaban J connectivity index is 1.85. The van der Waals surface area contributed by atoms with E-state index in [0.717, 1.165) is 25.2 Å². The third-order valence-corrected chi connectivity index (χ3v) is 3.64. The number of nitrogens with zero attached hydrogens (tertiary/aromatic N) is 1. The summed E-state index contributed by atoms with van der Waals surface area (Å²) in [5, 5.41) is 3.60. The molecule has 94 valence electrons. The molecule has 0 aromatic rings. The minimum absolute atomic E-state index is 0.671. The van der Waals surface area contributed by atoms with Gasteiger partial charge in [-0.15, -0.1) is 0 Å². The lowest BCUT2D eigenvalue weighted by Gasteiger charge is -2.31. The highest BCUT2D eigenvalue weighted by Gasteiger charge is 2.26. The summed E-state index contributed by atoms with van der Waals surface area (Å²) >= 11 is 0. The highest BCUT2D eigenvalue weighted by atomic mass is 16.5. The summed E-state index contributed by atoms with van der Waals surface area (Å²) in [5.41, 5.74) is 0. The Labute approximate surface area is 99.5 Å². The Hall–Kier alpha value is -0.120. The summed E-state index contributed by atoms with van der Waals surface area (Å²) in [7, 11) is 0. The molecule has 2 saturated heterocycles. The molecule has 0 amide bonds. The maximum Gasteiger partial charge on any atom is 0.0622 e. The number of hydrogen-bond acceptors (Lipinski definition) is 3. The Kier molecular flexibility index (Phi) is 4.62. The predicted octanol–water partition coefficient (Wildman–Crippen LogP) is 1.49. The van der Waals surface area contributed by atoms with Crippen molar-refractivity contribution in [2.45, 2.75) is 45.2 Å². The van der Waals surface area contributed by atoms with Gasteiger partial charge < -0.3 is 10.1 Å². The highest BCUT2D eigenvalue weighted by molar-refractivity contribution is 4.83. The summed E-state index contributed by atoms with van der Waals surface area (Å²) < 4.78 is 5.52. The first kappa shape index (κ1) is 12.3. The van der Waals surface area contributed by atoms with Gasteiger partial charge in [0.15, 0.2) is 0 Å². The van der Waals surface area contributed by atoms with Crippen molar-refractivity contribution in [1.82, 2.24) is 10.2 Å². The first-order valence-corrected chi connectivity index (χ1v) is 6.81. The molecule has 2 aliphatic heterocycles. The standard InChI is InChI=1S/C13H26N2O/c1-11(2)8-15(13-5-7-16-10-13)9-12-4-3-6-14-12/h11-14H,3-10H2,1-2H3. The molecule has 16 heavy (non-hydrogen) atoms. The van der Waals surface area contributed by atoms with Gasteiger partial charge in [0, 0.05) is 31.8 Å². The molecule has 0 spiro atoms. The summed E-state index contributed by atoms with van der Waals surface area (Å²) in [5.74, 6) is 0.752. The van der Waals surface area contributed by atoms with Crippen molar-refractivity contribution in [3.05, 3.63) is 0 Å². The molecule has 3 heteroatoms. The minimum atomic E-state index is 0.671. The van der Waals surface area contributed by atoms with Crippen molar-refractivity contribution in [1.29, 1.82) is 0 Å². The van der Waals surface area contributed by atoms with Gasteiger partial charge in [-0.3, -0.25) is 4.90 Å². The molecular formula is C13H26N2O. The van der Waals surface area contributed by atoms with Crippen LogP contribution in [0.25, 0.3) is 0 Å². The lowest BCUT2D eigenvalue weighted by atomic mass is 10.1. The normalized spacial score (nSPS) is 30.8. The van der Waals surface area contributed by atoms with Gasteiger partial charge in [-0.2, -0.15) is 0 Å². The fourth-order valence-corrected chi connectivity index (χ4v) is 2.85. The maximum atomic E-state index is 5.52. The SMILES string of the molecule is CC(C)CN(CC1CCCN1)C1CCOC1. The van der Waals surface area contributed by atoms with Gasteiger partial charge in [-0.05, 0) is 31.7 Å². The van der Waals surface area contributed by atoms with Crippen molar-refractivity contribution in [3.63, 3.8) is 0 Å². The first-order chi connectivity index (χ1) is 7.75. The van der Waals surface area contributed by atoms with E-state index in [4.69, 9.17) is 4.74 Å². The molecule has 0 bridgehead atoms. The lowest BCUT2D eigenvalue weighted by molar-refractivity contribution is 0.127. The Morgan fingerprint density at radius 1 is 1.38 bits per heavy atom.